The number of urea groups is 1. The Balaban J connectivity index is 1.23. The third-order valence-electron chi connectivity index (χ3n) is 6.81. The van der Waals surface area contributed by atoms with Gasteiger partial charge in [-0.05, 0) is 42.8 Å². The maximum Gasteiger partial charge on any atom is 0.325 e. The molecule has 5 rings (SSSR count). The number of carbonyl (C=O) groups is 3. The Morgan fingerprint density at radius 1 is 0.974 bits per heavy atom. The van der Waals surface area contributed by atoms with Crippen molar-refractivity contribution in [3.8, 4) is 11.5 Å². The number of nitrogens with one attached hydrogen (secondary N) is 1. The second-order valence-electron chi connectivity index (χ2n) is 9.17. The molecule has 0 saturated carbocycles. The number of benzene rings is 2. The van der Waals surface area contributed by atoms with E-state index < -0.39 is 56.5 Å². The van der Waals surface area contributed by atoms with E-state index in [-0.39, 0.29) is 26.2 Å². The van der Waals surface area contributed by atoms with Crippen LogP contribution in [0.2, 0.25) is 0 Å². The molecule has 3 heterocycles. The van der Waals surface area contributed by atoms with Gasteiger partial charge in [-0.2, -0.15) is 4.31 Å². The van der Waals surface area contributed by atoms with Gasteiger partial charge < -0.3 is 19.7 Å². The number of halogens is 2. The van der Waals surface area contributed by atoms with Gasteiger partial charge in [0.05, 0.1) is 4.90 Å². The zero-order chi connectivity index (χ0) is 27.2. The van der Waals surface area contributed by atoms with Gasteiger partial charge in [0, 0.05) is 26.2 Å². The van der Waals surface area contributed by atoms with Gasteiger partial charge in [0.25, 0.3) is 5.91 Å². The molecule has 3 aliphatic heterocycles. The van der Waals surface area contributed by atoms with Gasteiger partial charge in [-0.25, -0.2) is 22.0 Å². The molecule has 2 aromatic carbocycles. The first-order valence-electron chi connectivity index (χ1n) is 11.8. The number of piperazine rings is 1. The summed E-state index contributed by atoms with van der Waals surface area (Å²) in [6.45, 7) is 1.55. The van der Waals surface area contributed by atoms with Crippen LogP contribution in [0.25, 0.3) is 0 Å². The molecule has 0 aromatic heterocycles. The Morgan fingerprint density at radius 3 is 2.34 bits per heavy atom. The van der Waals surface area contributed by atoms with Crippen LogP contribution in [0, 0.1) is 11.6 Å². The number of fused-ring (bicyclic) bond motifs is 1. The lowest BCUT2D eigenvalue weighted by molar-refractivity contribution is -0.139. The zero-order valence-corrected chi connectivity index (χ0v) is 21.1. The van der Waals surface area contributed by atoms with Crippen LogP contribution in [-0.2, 0) is 25.2 Å². The van der Waals surface area contributed by atoms with Crippen LogP contribution in [0.5, 0.6) is 11.5 Å². The fourth-order valence-corrected chi connectivity index (χ4v) is 6.02. The second-order valence-corrected chi connectivity index (χ2v) is 11.1. The maximum absolute atomic E-state index is 13.6. The highest BCUT2D eigenvalue weighted by Crippen LogP contribution is 2.37. The second kappa shape index (κ2) is 9.51. The van der Waals surface area contributed by atoms with Gasteiger partial charge in [0.1, 0.15) is 25.3 Å². The van der Waals surface area contributed by atoms with Crippen molar-refractivity contribution in [3.05, 3.63) is 53.6 Å². The van der Waals surface area contributed by atoms with E-state index in [0.717, 1.165) is 21.3 Å². The fraction of sp³-hybridized carbons (Fsp3) is 0.375. The number of carbonyl (C=O) groups excluding carboxylic acids is 3. The van der Waals surface area contributed by atoms with Crippen LogP contribution < -0.4 is 14.8 Å². The number of hydrogen-bond acceptors (Lipinski definition) is 7. The summed E-state index contributed by atoms with van der Waals surface area (Å²) >= 11 is 0. The lowest BCUT2D eigenvalue weighted by atomic mass is 9.91. The van der Waals surface area contributed by atoms with E-state index in [1.807, 2.05) is 0 Å². The van der Waals surface area contributed by atoms with Gasteiger partial charge in [-0.3, -0.25) is 14.5 Å². The van der Waals surface area contributed by atoms with Crippen molar-refractivity contribution in [1.82, 2.24) is 19.4 Å². The van der Waals surface area contributed by atoms with E-state index in [0.29, 0.717) is 36.3 Å². The highest BCUT2D eigenvalue weighted by molar-refractivity contribution is 7.89. The van der Waals surface area contributed by atoms with E-state index >= 15 is 0 Å². The summed E-state index contributed by atoms with van der Waals surface area (Å²) < 4.78 is 64.5. The molecule has 2 fully saturated rings. The van der Waals surface area contributed by atoms with E-state index in [1.54, 1.807) is 18.2 Å². The lowest BCUT2D eigenvalue weighted by Crippen LogP contribution is -2.53. The summed E-state index contributed by atoms with van der Waals surface area (Å²) in [7, 11) is -4.10. The van der Waals surface area contributed by atoms with Crippen molar-refractivity contribution >= 4 is 27.9 Å². The number of imide groups is 1. The first-order chi connectivity index (χ1) is 18.0. The summed E-state index contributed by atoms with van der Waals surface area (Å²) in [5.41, 5.74) is -0.962. The van der Waals surface area contributed by atoms with Crippen molar-refractivity contribution in [2.24, 2.45) is 0 Å². The normalized spacial score (nSPS) is 22.0. The van der Waals surface area contributed by atoms with E-state index in [4.69, 9.17) is 9.47 Å². The summed E-state index contributed by atoms with van der Waals surface area (Å²) in [5, 5.41) is 2.64. The zero-order valence-electron chi connectivity index (χ0n) is 20.3. The van der Waals surface area contributed by atoms with Gasteiger partial charge >= 0.3 is 6.03 Å². The largest absolute Gasteiger partial charge is 0.486 e. The maximum atomic E-state index is 13.6. The topological polar surface area (TPSA) is 126 Å². The van der Waals surface area contributed by atoms with Crippen LogP contribution in [0.4, 0.5) is 13.6 Å². The Morgan fingerprint density at radius 2 is 1.66 bits per heavy atom. The predicted molar refractivity (Wildman–Crippen MR) is 127 cm³/mol. The Labute approximate surface area is 216 Å². The van der Waals surface area contributed by atoms with Gasteiger partial charge in [0.15, 0.2) is 23.1 Å². The fourth-order valence-electron chi connectivity index (χ4n) is 4.59. The molecule has 202 valence electrons. The number of ether oxygens (including phenoxy) is 2. The summed E-state index contributed by atoms with van der Waals surface area (Å²) in [4.78, 5) is 40.7. The van der Waals surface area contributed by atoms with Gasteiger partial charge in [-0.15, -0.1) is 0 Å². The molecule has 2 aromatic rings. The predicted octanol–water partition coefficient (Wildman–Crippen LogP) is 1.04. The van der Waals surface area contributed by atoms with Gasteiger partial charge in [0.2, 0.25) is 15.9 Å². The lowest BCUT2D eigenvalue weighted by Gasteiger charge is -2.34. The van der Waals surface area contributed by atoms with Crippen molar-refractivity contribution < 1.29 is 41.1 Å². The number of hydrogen-bond donors (Lipinski definition) is 1. The Bertz CT molecular complexity index is 1430. The SMILES string of the molecule is C[C@@]1(c2ccc3c(c2)OCCO3)NC(=O)N(CC(=O)N2CCN(S(=O)(=O)c3ccc(F)c(F)c3)CC2)C1=O. The van der Waals surface area contributed by atoms with E-state index in [2.05, 4.69) is 5.32 Å². The van der Waals surface area contributed by atoms with Crippen LogP contribution in [0.15, 0.2) is 41.3 Å². The molecule has 1 N–H and O–H groups in total. The molecule has 3 aliphatic rings. The minimum absolute atomic E-state index is 0.00911. The summed E-state index contributed by atoms with van der Waals surface area (Å²) in [6.07, 6.45) is 0. The number of nitrogens with zero attached hydrogens (tertiary/aromatic N) is 3. The molecular formula is C24H24F2N4O7S. The minimum Gasteiger partial charge on any atom is -0.486 e. The number of sulfonamides is 1. The number of rotatable bonds is 5. The van der Waals surface area contributed by atoms with Crippen LogP contribution in [-0.4, -0.2) is 86.3 Å². The quantitative estimate of drug-likeness (QED) is 0.552. The van der Waals surface area contributed by atoms with Crippen molar-refractivity contribution in [1.29, 1.82) is 0 Å². The average Bonchev–Trinajstić information content (AvgIpc) is 3.13. The molecule has 0 spiro atoms. The first-order valence-corrected chi connectivity index (χ1v) is 13.2. The minimum atomic E-state index is -4.10. The molecule has 0 radical (unpaired) electrons. The third kappa shape index (κ3) is 4.43. The van der Waals surface area contributed by atoms with Crippen molar-refractivity contribution in [3.63, 3.8) is 0 Å². The highest BCUT2D eigenvalue weighted by atomic mass is 32.2. The molecule has 0 unspecified atom stereocenters. The average molecular weight is 551 g/mol. The Hall–Kier alpha value is -3.78. The van der Waals surface area contributed by atoms with Crippen LogP contribution in [0.1, 0.15) is 12.5 Å². The summed E-state index contributed by atoms with van der Waals surface area (Å²) in [5.74, 6) is -2.63. The molecule has 11 nitrogen and oxygen atoms in total. The monoisotopic (exact) mass is 550 g/mol. The van der Waals surface area contributed by atoms with Crippen molar-refractivity contribution in [2.45, 2.75) is 17.4 Å². The molecule has 0 aliphatic carbocycles. The number of amides is 4. The Kier molecular flexibility index (Phi) is 6.47. The molecular weight excluding hydrogens is 526 g/mol. The van der Waals surface area contributed by atoms with Crippen molar-refractivity contribution in [2.75, 3.05) is 45.9 Å². The molecule has 1 atom stereocenters. The highest BCUT2D eigenvalue weighted by Gasteiger charge is 2.50. The molecule has 38 heavy (non-hydrogen) atoms. The molecule has 2 saturated heterocycles. The van der Waals surface area contributed by atoms with Gasteiger partial charge in [-0.1, -0.05) is 6.07 Å². The smallest absolute Gasteiger partial charge is 0.325 e. The van der Waals surface area contributed by atoms with Crippen LogP contribution >= 0.6 is 0 Å². The standard InChI is InChI=1S/C24H24F2N4O7S/c1-24(15-2-5-19-20(12-15)37-11-10-36-19)22(32)30(23(33)27-24)14-21(31)28-6-8-29(9-7-28)38(34,35)16-3-4-17(25)18(26)13-16/h2-5,12-13H,6-11,14H2,1H3,(H,27,33)/t24-/m0/s1. The molecule has 4 amide bonds. The van der Waals surface area contributed by atoms with E-state index in [9.17, 15) is 31.6 Å². The molecule has 0 bridgehead atoms. The first kappa shape index (κ1) is 25.9. The van der Waals surface area contributed by atoms with E-state index in [1.165, 1.54) is 11.8 Å². The third-order valence-corrected chi connectivity index (χ3v) is 8.70. The van der Waals surface area contributed by atoms with Crippen LogP contribution in [0.3, 0.4) is 0 Å². The summed E-state index contributed by atoms with van der Waals surface area (Å²) in [6, 6.07) is 6.49. The molecule has 14 heteroatoms.